The van der Waals surface area contributed by atoms with Gasteiger partial charge >= 0.3 is 0 Å². The lowest BCUT2D eigenvalue weighted by Gasteiger charge is -2.32. The van der Waals surface area contributed by atoms with Crippen molar-refractivity contribution in [2.24, 2.45) is 11.8 Å². The first-order chi connectivity index (χ1) is 4.84. The van der Waals surface area contributed by atoms with E-state index >= 15 is 0 Å². The third-order valence-electron chi connectivity index (χ3n) is 2.95. The molecule has 0 saturated heterocycles. The summed E-state index contributed by atoms with van der Waals surface area (Å²) in [6.07, 6.45) is 9.86. The van der Waals surface area contributed by atoms with Crippen LogP contribution >= 0.6 is 0 Å². The summed E-state index contributed by atoms with van der Waals surface area (Å²) in [6, 6.07) is 0. The Morgan fingerprint density at radius 2 is 2.30 bits per heavy atom. The molecule has 2 atom stereocenters. The van der Waals surface area contributed by atoms with Gasteiger partial charge in [-0.1, -0.05) is 24.5 Å². The molecule has 1 fully saturated rings. The van der Waals surface area contributed by atoms with E-state index in [-0.39, 0.29) is 0 Å². The average Bonchev–Trinajstić information content (AvgIpc) is 1.85. The van der Waals surface area contributed by atoms with E-state index in [1.165, 1.54) is 32.1 Å². The molecule has 56 valence electrons. The van der Waals surface area contributed by atoms with Crippen LogP contribution in [-0.2, 0) is 0 Å². The topological polar surface area (TPSA) is 0 Å². The predicted molar refractivity (Wildman–Crippen MR) is 43.8 cm³/mol. The normalized spacial score (nSPS) is 39.1. The van der Waals surface area contributed by atoms with Gasteiger partial charge in [0.05, 0.1) is 0 Å². The fraction of sp³-hybridized carbons (Fsp3) is 0.800. The highest BCUT2D eigenvalue weighted by Gasteiger charge is 2.24. The van der Waals surface area contributed by atoms with Crippen molar-refractivity contribution < 1.29 is 0 Å². The van der Waals surface area contributed by atoms with Gasteiger partial charge in [0.25, 0.3) is 0 Å². The monoisotopic (exact) mass is 136 g/mol. The Labute approximate surface area is 63.3 Å². The fourth-order valence-corrected chi connectivity index (χ4v) is 2.60. The highest BCUT2D eigenvalue weighted by Crippen LogP contribution is 2.38. The van der Waals surface area contributed by atoms with E-state index in [2.05, 4.69) is 13.0 Å². The molecule has 0 radical (unpaired) electrons. The Kier molecular flexibility index (Phi) is 1.55. The van der Waals surface area contributed by atoms with Crippen LogP contribution in [0.5, 0.6) is 0 Å². The zero-order valence-corrected chi connectivity index (χ0v) is 6.77. The van der Waals surface area contributed by atoms with Gasteiger partial charge < -0.3 is 0 Å². The van der Waals surface area contributed by atoms with Gasteiger partial charge in [-0.3, -0.25) is 0 Å². The van der Waals surface area contributed by atoms with Crippen molar-refractivity contribution in [2.75, 3.05) is 0 Å². The van der Waals surface area contributed by atoms with Gasteiger partial charge in [-0.25, -0.2) is 0 Å². The quantitative estimate of drug-likeness (QED) is 0.449. The predicted octanol–water partition coefficient (Wildman–Crippen LogP) is 3.14. The Balaban J connectivity index is 2.14. The molecule has 10 heavy (non-hydrogen) atoms. The van der Waals surface area contributed by atoms with E-state index in [1.54, 1.807) is 5.57 Å². The van der Waals surface area contributed by atoms with Crippen LogP contribution in [0, 0.1) is 11.8 Å². The molecule has 0 heteroatoms. The smallest absolute Gasteiger partial charge is 0.0228 e. The molecular weight excluding hydrogens is 120 g/mol. The number of hydrogen-bond acceptors (Lipinski definition) is 0. The summed E-state index contributed by atoms with van der Waals surface area (Å²) in [6.45, 7) is 2.30. The minimum atomic E-state index is 0.965. The number of allylic oxidation sites excluding steroid dienone is 2. The highest BCUT2D eigenvalue weighted by molar-refractivity contribution is 5.08. The minimum Gasteiger partial charge on any atom is -0.0825 e. The second-order valence-electron chi connectivity index (χ2n) is 4.01. The van der Waals surface area contributed by atoms with E-state index in [0.717, 1.165) is 11.8 Å². The first kappa shape index (κ1) is 6.45. The van der Waals surface area contributed by atoms with Gasteiger partial charge in [-0.15, -0.1) is 0 Å². The molecule has 2 aliphatic carbocycles. The van der Waals surface area contributed by atoms with Crippen molar-refractivity contribution in [1.82, 2.24) is 0 Å². The molecule has 0 aromatic rings. The Morgan fingerprint density at radius 1 is 1.40 bits per heavy atom. The maximum absolute atomic E-state index is 2.51. The lowest BCUT2D eigenvalue weighted by Crippen LogP contribution is -2.18. The Hall–Kier alpha value is -0.260. The number of fused-ring (bicyclic) bond motifs is 2. The number of rotatable bonds is 0. The van der Waals surface area contributed by atoms with Gasteiger partial charge in [0.1, 0.15) is 0 Å². The molecule has 2 unspecified atom stereocenters. The third kappa shape index (κ3) is 1.12. The van der Waals surface area contributed by atoms with Crippen LogP contribution in [0.4, 0.5) is 0 Å². The zero-order valence-electron chi connectivity index (χ0n) is 6.77. The van der Waals surface area contributed by atoms with Crippen molar-refractivity contribution in [3.63, 3.8) is 0 Å². The largest absolute Gasteiger partial charge is 0.0825 e. The molecule has 0 heterocycles. The first-order valence-corrected chi connectivity index (χ1v) is 4.52. The van der Waals surface area contributed by atoms with Crippen molar-refractivity contribution >= 4 is 0 Å². The van der Waals surface area contributed by atoms with Crippen molar-refractivity contribution in [2.45, 2.75) is 39.0 Å². The van der Waals surface area contributed by atoms with Crippen LogP contribution in [0.2, 0.25) is 0 Å². The molecule has 0 aliphatic heterocycles. The van der Waals surface area contributed by atoms with Crippen LogP contribution < -0.4 is 0 Å². The molecule has 1 saturated carbocycles. The van der Waals surface area contributed by atoms with Crippen LogP contribution in [0.15, 0.2) is 11.6 Å². The summed E-state index contributed by atoms with van der Waals surface area (Å²) in [5, 5.41) is 0. The molecule has 0 nitrogen and oxygen atoms in total. The maximum Gasteiger partial charge on any atom is -0.0228 e. The number of hydrogen-bond donors (Lipinski definition) is 0. The molecule has 0 N–H and O–H groups in total. The van der Waals surface area contributed by atoms with E-state index in [9.17, 15) is 0 Å². The molecule has 0 aromatic carbocycles. The standard InChI is InChI=1S/C10H16/c1-8-5-9-3-2-4-10(6-8)7-9/h5,9-10H,2-4,6-7H2,1H3. The van der Waals surface area contributed by atoms with Crippen LogP contribution in [0.3, 0.4) is 0 Å². The fourth-order valence-electron chi connectivity index (χ4n) is 2.60. The second-order valence-corrected chi connectivity index (χ2v) is 4.01. The molecule has 2 bridgehead atoms. The van der Waals surface area contributed by atoms with E-state index in [1.807, 2.05) is 0 Å². The van der Waals surface area contributed by atoms with Crippen LogP contribution in [0.25, 0.3) is 0 Å². The lowest BCUT2D eigenvalue weighted by atomic mass is 9.74. The molecule has 0 aromatic heterocycles. The van der Waals surface area contributed by atoms with Gasteiger partial charge in [-0.2, -0.15) is 0 Å². The molecule has 0 amide bonds. The van der Waals surface area contributed by atoms with E-state index < -0.39 is 0 Å². The van der Waals surface area contributed by atoms with Crippen molar-refractivity contribution in [1.29, 1.82) is 0 Å². The summed E-state index contributed by atoms with van der Waals surface area (Å²) in [5.74, 6) is 2.02. The summed E-state index contributed by atoms with van der Waals surface area (Å²) in [7, 11) is 0. The van der Waals surface area contributed by atoms with Crippen LogP contribution in [0.1, 0.15) is 39.0 Å². The minimum absolute atomic E-state index is 0.965. The molecule has 2 aliphatic rings. The van der Waals surface area contributed by atoms with E-state index in [4.69, 9.17) is 0 Å². The lowest BCUT2D eigenvalue weighted by molar-refractivity contribution is 0.284. The Morgan fingerprint density at radius 3 is 3.10 bits per heavy atom. The SMILES string of the molecule is CC1=CC2CCCC(C1)C2. The average molecular weight is 136 g/mol. The maximum atomic E-state index is 2.51. The first-order valence-electron chi connectivity index (χ1n) is 4.52. The molecular formula is C10H16. The van der Waals surface area contributed by atoms with E-state index in [0.29, 0.717) is 0 Å². The summed E-state index contributed by atoms with van der Waals surface area (Å²) >= 11 is 0. The summed E-state index contributed by atoms with van der Waals surface area (Å²) in [4.78, 5) is 0. The molecule has 0 spiro atoms. The van der Waals surface area contributed by atoms with Crippen molar-refractivity contribution in [3.05, 3.63) is 11.6 Å². The van der Waals surface area contributed by atoms with Gasteiger partial charge in [0, 0.05) is 0 Å². The van der Waals surface area contributed by atoms with Crippen LogP contribution in [-0.4, -0.2) is 0 Å². The van der Waals surface area contributed by atoms with Gasteiger partial charge in [0.15, 0.2) is 0 Å². The zero-order chi connectivity index (χ0) is 6.97. The van der Waals surface area contributed by atoms with Gasteiger partial charge in [-0.05, 0) is 38.0 Å². The molecule has 2 rings (SSSR count). The third-order valence-corrected chi connectivity index (χ3v) is 2.95. The highest BCUT2D eigenvalue weighted by atomic mass is 14.3. The summed E-state index contributed by atoms with van der Waals surface area (Å²) < 4.78 is 0. The van der Waals surface area contributed by atoms with Gasteiger partial charge in [0.2, 0.25) is 0 Å². The Bertz CT molecular complexity index is 155. The summed E-state index contributed by atoms with van der Waals surface area (Å²) in [5.41, 5.74) is 1.65. The second kappa shape index (κ2) is 2.41. The van der Waals surface area contributed by atoms with Crippen molar-refractivity contribution in [3.8, 4) is 0 Å².